The van der Waals surface area contributed by atoms with Crippen LogP contribution in [0.1, 0.15) is 47.0 Å². The van der Waals surface area contributed by atoms with Gasteiger partial charge in [-0.15, -0.1) is 18.5 Å². The van der Waals surface area contributed by atoms with Gasteiger partial charge in [-0.25, -0.2) is 0 Å². The minimum atomic E-state index is 0.423. The fourth-order valence-electron chi connectivity index (χ4n) is 1.74. The van der Waals surface area contributed by atoms with Crippen molar-refractivity contribution >= 4 is 18.5 Å². The van der Waals surface area contributed by atoms with Gasteiger partial charge in [0, 0.05) is 0 Å². The molecule has 4 atom stereocenters. The Balaban J connectivity index is 2.36. The average molecular weight is 204 g/mol. The molecule has 0 aromatic heterocycles. The van der Waals surface area contributed by atoms with Crippen molar-refractivity contribution in [1.82, 2.24) is 0 Å². The van der Waals surface area contributed by atoms with Crippen molar-refractivity contribution in [3.63, 3.8) is 0 Å². The second-order valence-corrected chi connectivity index (χ2v) is 8.48. The van der Waals surface area contributed by atoms with Crippen LogP contribution in [0.5, 0.6) is 0 Å². The number of rotatable bonds is 3. The molecule has 0 amide bonds. The van der Waals surface area contributed by atoms with E-state index in [9.17, 15) is 0 Å². The molecule has 0 heterocycles. The quantitative estimate of drug-likeness (QED) is 0.617. The number of hydrogen-bond acceptors (Lipinski definition) is 0. The lowest BCUT2D eigenvalue weighted by Gasteiger charge is -2.22. The summed E-state index contributed by atoms with van der Waals surface area (Å²) in [6, 6.07) is 0. The van der Waals surface area contributed by atoms with Gasteiger partial charge in [0.05, 0.1) is 0 Å². The van der Waals surface area contributed by atoms with Crippen LogP contribution in [0.25, 0.3) is 0 Å². The van der Waals surface area contributed by atoms with E-state index in [1.54, 1.807) is 0 Å². The van der Waals surface area contributed by atoms with Gasteiger partial charge in [0.15, 0.2) is 0 Å². The molecule has 0 saturated heterocycles. The molecule has 2 heteroatoms. The fraction of sp³-hybridized carbons (Fsp3) is 1.00. The highest BCUT2D eigenvalue weighted by atomic mass is 31.0. The smallest absolute Gasteiger partial charge is 0.0119 e. The van der Waals surface area contributed by atoms with Crippen LogP contribution in [-0.4, -0.2) is 10.3 Å². The summed E-state index contributed by atoms with van der Waals surface area (Å²) >= 11 is 0. The van der Waals surface area contributed by atoms with Crippen molar-refractivity contribution in [3.8, 4) is 0 Å². The maximum atomic E-state index is 3.00. The predicted octanol–water partition coefficient (Wildman–Crippen LogP) is 3.46. The molecular formula is C10H22P2. The Morgan fingerprint density at radius 3 is 2.00 bits per heavy atom. The molecule has 4 unspecified atom stereocenters. The molecule has 1 aliphatic carbocycles. The van der Waals surface area contributed by atoms with Crippen LogP contribution >= 0.6 is 18.5 Å². The molecule has 12 heavy (non-hydrogen) atoms. The standard InChI is InChI=1S/C10H22P2/c1-8(2,11)5-6-9(3)7-10(9,4)12/h5-7,11-12H2,1-4H3. The lowest BCUT2D eigenvalue weighted by atomic mass is 9.94. The lowest BCUT2D eigenvalue weighted by Crippen LogP contribution is -2.14. The molecule has 0 bridgehead atoms. The van der Waals surface area contributed by atoms with Gasteiger partial charge in [-0.3, -0.25) is 0 Å². The topological polar surface area (TPSA) is 0 Å². The monoisotopic (exact) mass is 204 g/mol. The first-order valence-electron chi connectivity index (χ1n) is 4.74. The molecule has 0 nitrogen and oxygen atoms in total. The van der Waals surface area contributed by atoms with Crippen molar-refractivity contribution in [3.05, 3.63) is 0 Å². The normalized spacial score (nSPS) is 41.5. The van der Waals surface area contributed by atoms with Gasteiger partial charge in [0.1, 0.15) is 0 Å². The van der Waals surface area contributed by atoms with Gasteiger partial charge in [-0.05, 0) is 35.0 Å². The highest BCUT2D eigenvalue weighted by Crippen LogP contribution is 2.64. The van der Waals surface area contributed by atoms with Gasteiger partial charge in [-0.2, -0.15) is 0 Å². The second kappa shape index (κ2) is 2.93. The molecule has 0 spiro atoms. The zero-order valence-electron chi connectivity index (χ0n) is 8.78. The summed E-state index contributed by atoms with van der Waals surface area (Å²) in [5.41, 5.74) is 0.603. The van der Waals surface area contributed by atoms with E-state index in [-0.39, 0.29) is 0 Å². The second-order valence-electron chi connectivity index (χ2n) is 5.64. The Morgan fingerprint density at radius 1 is 1.33 bits per heavy atom. The highest BCUT2D eigenvalue weighted by molar-refractivity contribution is 7.19. The first kappa shape index (κ1) is 10.9. The lowest BCUT2D eigenvalue weighted by molar-refractivity contribution is 0.437. The highest BCUT2D eigenvalue weighted by Gasteiger charge is 2.56. The van der Waals surface area contributed by atoms with E-state index >= 15 is 0 Å². The van der Waals surface area contributed by atoms with Crippen molar-refractivity contribution in [2.45, 2.75) is 57.3 Å². The Labute approximate surface area is 81.7 Å². The van der Waals surface area contributed by atoms with Gasteiger partial charge in [0.25, 0.3) is 0 Å². The molecule has 72 valence electrons. The zero-order chi connectivity index (χ0) is 9.62. The van der Waals surface area contributed by atoms with E-state index in [2.05, 4.69) is 46.2 Å². The Kier molecular flexibility index (Phi) is 2.67. The molecule has 1 saturated carbocycles. The minimum Gasteiger partial charge on any atom is -0.132 e. The van der Waals surface area contributed by atoms with Crippen LogP contribution < -0.4 is 0 Å². The summed E-state index contributed by atoms with van der Waals surface area (Å²) in [6.45, 7) is 9.36. The van der Waals surface area contributed by atoms with Crippen LogP contribution in [0, 0.1) is 5.41 Å². The molecule has 0 aromatic carbocycles. The molecule has 0 aliphatic heterocycles. The van der Waals surface area contributed by atoms with Crippen LogP contribution in [0.3, 0.4) is 0 Å². The maximum absolute atomic E-state index is 3.00. The first-order chi connectivity index (χ1) is 5.16. The largest absolute Gasteiger partial charge is 0.132 e. The van der Waals surface area contributed by atoms with Gasteiger partial charge >= 0.3 is 0 Å². The Hall–Kier alpha value is 0.860. The van der Waals surface area contributed by atoms with Crippen LogP contribution in [0.15, 0.2) is 0 Å². The van der Waals surface area contributed by atoms with E-state index in [0.29, 0.717) is 15.7 Å². The van der Waals surface area contributed by atoms with Gasteiger partial charge in [-0.1, -0.05) is 27.7 Å². The summed E-state index contributed by atoms with van der Waals surface area (Å²) in [5, 5.41) is 0.954. The van der Waals surface area contributed by atoms with E-state index in [0.717, 1.165) is 0 Å². The van der Waals surface area contributed by atoms with Crippen molar-refractivity contribution in [1.29, 1.82) is 0 Å². The Bertz CT molecular complexity index is 179. The third-order valence-corrected chi connectivity index (χ3v) is 4.52. The summed E-state index contributed by atoms with van der Waals surface area (Å²) in [5.74, 6) is 0. The van der Waals surface area contributed by atoms with Gasteiger partial charge in [0.2, 0.25) is 0 Å². The molecular weight excluding hydrogens is 182 g/mol. The fourth-order valence-corrected chi connectivity index (χ4v) is 2.48. The summed E-state index contributed by atoms with van der Waals surface area (Å²) in [4.78, 5) is 0. The zero-order valence-corrected chi connectivity index (χ0v) is 11.1. The third kappa shape index (κ3) is 2.43. The summed E-state index contributed by atoms with van der Waals surface area (Å²) in [7, 11) is 5.94. The van der Waals surface area contributed by atoms with Crippen LogP contribution in [0.4, 0.5) is 0 Å². The summed E-state index contributed by atoms with van der Waals surface area (Å²) in [6.07, 6.45) is 4.06. The van der Waals surface area contributed by atoms with Gasteiger partial charge < -0.3 is 0 Å². The maximum Gasteiger partial charge on any atom is -0.0119 e. The molecule has 1 fully saturated rings. The molecule has 0 N–H and O–H groups in total. The van der Waals surface area contributed by atoms with Crippen molar-refractivity contribution in [2.75, 3.05) is 0 Å². The van der Waals surface area contributed by atoms with E-state index in [1.165, 1.54) is 19.3 Å². The number of hydrogen-bond donors (Lipinski definition) is 0. The molecule has 1 aliphatic rings. The average Bonchev–Trinajstić information content (AvgIpc) is 2.28. The SMILES string of the molecule is CC(C)(P)CCC1(C)CC1(C)P. The van der Waals surface area contributed by atoms with E-state index in [1.807, 2.05) is 0 Å². The van der Waals surface area contributed by atoms with Crippen LogP contribution in [-0.2, 0) is 0 Å². The molecule has 1 rings (SSSR count). The minimum absolute atomic E-state index is 0.423. The Morgan fingerprint density at radius 2 is 1.75 bits per heavy atom. The predicted molar refractivity (Wildman–Crippen MR) is 63.9 cm³/mol. The van der Waals surface area contributed by atoms with E-state index in [4.69, 9.17) is 0 Å². The third-order valence-electron chi connectivity index (χ3n) is 3.33. The van der Waals surface area contributed by atoms with E-state index < -0.39 is 0 Å². The molecule has 0 radical (unpaired) electrons. The van der Waals surface area contributed by atoms with Crippen molar-refractivity contribution < 1.29 is 0 Å². The summed E-state index contributed by atoms with van der Waals surface area (Å²) < 4.78 is 0. The van der Waals surface area contributed by atoms with Crippen LogP contribution in [0.2, 0.25) is 0 Å². The molecule has 0 aromatic rings. The first-order valence-corrected chi connectivity index (χ1v) is 5.90. The van der Waals surface area contributed by atoms with Crippen molar-refractivity contribution in [2.24, 2.45) is 5.41 Å².